The number of fused-ring (bicyclic) bond motifs is 7. The van der Waals surface area contributed by atoms with Gasteiger partial charge in [0.25, 0.3) is 0 Å². The minimum Gasteiger partial charge on any atom is -0.456 e. The predicted molar refractivity (Wildman–Crippen MR) is 259 cm³/mol. The maximum absolute atomic E-state index is 9.38. The molecule has 0 fully saturated rings. The molecule has 0 unspecified atom stereocenters. The monoisotopic (exact) mass is 804 g/mol. The van der Waals surface area contributed by atoms with Gasteiger partial charge in [-0.1, -0.05) is 133 Å². The number of anilines is 6. The van der Waals surface area contributed by atoms with Crippen LogP contribution in [0.3, 0.4) is 0 Å². The van der Waals surface area contributed by atoms with Gasteiger partial charge in [-0.05, 0) is 107 Å². The molecule has 0 saturated carbocycles. The Kier molecular flexibility index (Phi) is 6.34. The molecule has 292 valence electrons. The number of para-hydroxylation sites is 4. The van der Waals surface area contributed by atoms with Crippen LogP contribution < -0.4 is 9.80 Å². The van der Waals surface area contributed by atoms with Crippen LogP contribution in [0.15, 0.2) is 239 Å². The van der Waals surface area contributed by atoms with Crippen molar-refractivity contribution in [2.75, 3.05) is 9.80 Å². The van der Waals surface area contributed by atoms with Crippen molar-refractivity contribution in [1.82, 2.24) is 0 Å². The van der Waals surface area contributed by atoms with Gasteiger partial charge in [-0.25, -0.2) is 0 Å². The zero-order chi connectivity index (χ0) is 49.7. The minimum atomic E-state index is -0.522. The van der Waals surface area contributed by atoms with Crippen LogP contribution in [0.5, 0.6) is 0 Å². The molecule has 10 aromatic carbocycles. The summed E-state index contributed by atoms with van der Waals surface area (Å²) in [5, 5.41) is 4.87. The van der Waals surface area contributed by atoms with Gasteiger partial charge in [0.15, 0.2) is 0 Å². The van der Waals surface area contributed by atoms with E-state index in [-0.39, 0.29) is 11.4 Å². The molecule has 12 aromatic rings. The zero-order valence-corrected chi connectivity index (χ0v) is 32.9. The van der Waals surface area contributed by atoms with Gasteiger partial charge in [-0.3, -0.25) is 0 Å². The maximum Gasteiger partial charge on any atom is 0.137 e. The van der Waals surface area contributed by atoms with Gasteiger partial charge in [-0.2, -0.15) is 0 Å². The molecule has 0 spiro atoms. The molecule has 0 aliphatic heterocycles. The molecule has 0 radical (unpaired) electrons. The molecule has 2 heterocycles. The predicted octanol–water partition coefficient (Wildman–Crippen LogP) is 16.9. The van der Waals surface area contributed by atoms with Crippen LogP contribution >= 0.6 is 0 Å². The van der Waals surface area contributed by atoms with E-state index in [0.717, 1.165) is 32.7 Å². The van der Waals surface area contributed by atoms with Crippen molar-refractivity contribution in [2.45, 2.75) is 0 Å². The first-order valence-electron chi connectivity index (χ1n) is 25.2. The average molecular weight is 805 g/mol. The smallest absolute Gasteiger partial charge is 0.137 e. The van der Waals surface area contributed by atoms with Crippen LogP contribution in [-0.2, 0) is 0 Å². The second kappa shape index (κ2) is 14.7. The highest BCUT2D eigenvalue weighted by Gasteiger charge is 2.24. The summed E-state index contributed by atoms with van der Waals surface area (Å²) < 4.78 is 103. The van der Waals surface area contributed by atoms with Crippen LogP contribution in [0, 0.1) is 0 Å². The van der Waals surface area contributed by atoms with E-state index in [0.29, 0.717) is 67.0 Å². The fourth-order valence-electron chi connectivity index (χ4n) is 8.59. The van der Waals surface area contributed by atoms with Crippen LogP contribution in [0.2, 0.25) is 0 Å². The van der Waals surface area contributed by atoms with Crippen molar-refractivity contribution in [1.29, 1.82) is 0 Å². The summed E-state index contributed by atoms with van der Waals surface area (Å²) in [7, 11) is 0. The Hall–Kier alpha value is -8.34. The summed E-state index contributed by atoms with van der Waals surface area (Å²) in [4.78, 5) is 3.40. The first-order valence-corrected chi connectivity index (χ1v) is 20.2. The van der Waals surface area contributed by atoms with Gasteiger partial charge in [0, 0.05) is 67.6 Å². The number of hydrogen-bond acceptors (Lipinski definition) is 4. The number of hydrogen-bond donors (Lipinski definition) is 0. The number of rotatable bonds is 8. The number of benzene rings is 10. The Morgan fingerprint density at radius 2 is 0.710 bits per heavy atom. The molecule has 0 N–H and O–H groups in total. The number of furan rings is 2. The quantitative estimate of drug-likeness (QED) is 0.153. The highest BCUT2D eigenvalue weighted by Crippen LogP contribution is 2.48. The molecule has 12 rings (SSSR count). The normalized spacial score (nSPS) is 13.8. The van der Waals surface area contributed by atoms with E-state index in [9.17, 15) is 5.48 Å². The number of nitrogens with zero attached hydrogens (tertiary/aromatic N) is 2. The summed E-state index contributed by atoms with van der Waals surface area (Å²) in [6.07, 6.45) is 0. The Labute approximate surface area is 372 Å². The first kappa shape index (κ1) is 26.7. The first-order chi connectivity index (χ1) is 34.9. The Bertz CT molecular complexity index is 3870. The van der Waals surface area contributed by atoms with Crippen LogP contribution in [0.1, 0.15) is 13.7 Å². The molecule has 0 aliphatic carbocycles. The summed E-state index contributed by atoms with van der Waals surface area (Å²) in [5.41, 5.74) is 7.01. The summed E-state index contributed by atoms with van der Waals surface area (Å²) in [6, 6.07) is 48.9. The van der Waals surface area contributed by atoms with E-state index in [1.54, 1.807) is 9.80 Å². The van der Waals surface area contributed by atoms with Crippen LogP contribution in [0.25, 0.3) is 76.9 Å². The molecule has 0 amide bonds. The van der Waals surface area contributed by atoms with E-state index in [1.165, 1.54) is 0 Å². The van der Waals surface area contributed by atoms with E-state index in [4.69, 9.17) is 17.1 Å². The second-order valence-electron chi connectivity index (χ2n) is 15.0. The van der Waals surface area contributed by atoms with Crippen molar-refractivity contribution in [2.24, 2.45) is 0 Å². The maximum atomic E-state index is 9.38. The second-order valence-corrected chi connectivity index (χ2v) is 15.0. The lowest BCUT2D eigenvalue weighted by Gasteiger charge is -2.30. The molecule has 0 atom stereocenters. The zero-order valence-electron chi connectivity index (χ0n) is 42.9. The Morgan fingerprint density at radius 3 is 1.15 bits per heavy atom. The SMILES string of the molecule is [2H]c1c([2H])c([2H])c(N(c2ccc3c(c2)oc2ccccc23)c2cc3cc(-c4ccccc4)c(N(c4ccc5c(c4)oc4ccccc45)c4c([2H])c([2H])c([2H])c([2H])c4[2H])cc3cc2-c2ccccc2)c([2H])c1[2H]. The Balaban J connectivity index is 1.19. The molecular weight excluding hydrogens is 757 g/mol. The van der Waals surface area contributed by atoms with Gasteiger partial charge in [0.1, 0.15) is 22.3 Å². The van der Waals surface area contributed by atoms with Crippen molar-refractivity contribution >= 4 is 88.8 Å². The molecule has 62 heavy (non-hydrogen) atoms. The van der Waals surface area contributed by atoms with E-state index >= 15 is 0 Å². The van der Waals surface area contributed by atoms with Crippen molar-refractivity contribution in [3.8, 4) is 22.3 Å². The molecular formula is C58H38N2O2. The summed E-state index contributed by atoms with van der Waals surface area (Å²) in [5.74, 6) is 0. The molecule has 0 bridgehead atoms. The Morgan fingerprint density at radius 1 is 0.323 bits per heavy atom. The highest BCUT2D eigenvalue weighted by molar-refractivity contribution is 6.09. The lowest BCUT2D eigenvalue weighted by atomic mass is 9.93. The van der Waals surface area contributed by atoms with Crippen LogP contribution in [0.4, 0.5) is 34.1 Å². The van der Waals surface area contributed by atoms with E-state index in [1.807, 2.05) is 170 Å². The van der Waals surface area contributed by atoms with Gasteiger partial charge >= 0.3 is 0 Å². The fraction of sp³-hybridized carbons (Fsp3) is 0. The summed E-state index contributed by atoms with van der Waals surface area (Å²) >= 11 is 0. The topological polar surface area (TPSA) is 32.8 Å². The van der Waals surface area contributed by atoms with Crippen molar-refractivity contribution in [3.63, 3.8) is 0 Å². The minimum absolute atomic E-state index is 0.0683. The van der Waals surface area contributed by atoms with E-state index in [2.05, 4.69) is 0 Å². The summed E-state index contributed by atoms with van der Waals surface area (Å²) in [6.45, 7) is 0. The molecule has 0 aliphatic rings. The third-order valence-electron chi connectivity index (χ3n) is 11.4. The third kappa shape index (κ3) is 6.08. The molecule has 0 saturated heterocycles. The molecule has 4 nitrogen and oxygen atoms in total. The lowest BCUT2D eigenvalue weighted by molar-refractivity contribution is 0.668. The highest BCUT2D eigenvalue weighted by atomic mass is 16.3. The van der Waals surface area contributed by atoms with Gasteiger partial charge < -0.3 is 18.6 Å². The van der Waals surface area contributed by atoms with Gasteiger partial charge in [-0.15, -0.1) is 0 Å². The van der Waals surface area contributed by atoms with Gasteiger partial charge in [0.2, 0.25) is 0 Å². The van der Waals surface area contributed by atoms with Gasteiger partial charge in [0.05, 0.1) is 25.1 Å². The third-order valence-corrected chi connectivity index (χ3v) is 11.4. The van der Waals surface area contributed by atoms with Crippen molar-refractivity contribution in [3.05, 3.63) is 230 Å². The lowest BCUT2D eigenvalue weighted by Crippen LogP contribution is -2.12. The largest absolute Gasteiger partial charge is 0.456 e. The van der Waals surface area contributed by atoms with Crippen LogP contribution in [-0.4, -0.2) is 0 Å². The van der Waals surface area contributed by atoms with E-state index < -0.39 is 60.4 Å². The molecule has 2 aromatic heterocycles. The standard InChI is InChI=1S/C58H38N2O2/c1-5-17-39(18-6-1)51-33-41-36-54(60(44-23-11-4-12-24-44)46-30-32-50-48-26-14-16-28-56(48)62-58(50)38-46)52(40-19-7-2-8-20-40)34-42(41)35-53(51)59(43-21-9-3-10-22-43)45-29-31-49-47-25-13-15-27-55(47)61-57(49)37-45/h1-38H/i3D,4D,9D,10D,11D,12D,21D,22D,23D,24D. The molecule has 4 heteroatoms. The van der Waals surface area contributed by atoms with Crippen molar-refractivity contribution < 1.29 is 22.5 Å². The fourth-order valence-corrected chi connectivity index (χ4v) is 8.59. The average Bonchev–Trinajstić information content (AvgIpc) is 3.98.